The Labute approximate surface area is 232 Å². The van der Waals surface area contributed by atoms with E-state index in [0.29, 0.717) is 43.9 Å². The fourth-order valence-electron chi connectivity index (χ4n) is 6.92. The number of rotatable bonds is 10. The topological polar surface area (TPSA) is 117 Å². The number of likely N-dealkylation sites (tertiary alicyclic amines) is 1. The Balaban J connectivity index is 1.40. The number of aliphatic hydroxyl groups is 1. The van der Waals surface area contributed by atoms with Crippen LogP contribution in [0, 0.1) is 11.8 Å². The molecule has 2 bridgehead atoms. The first-order valence-corrected chi connectivity index (χ1v) is 14.9. The molecule has 3 aliphatic heterocycles. The van der Waals surface area contributed by atoms with Crippen LogP contribution < -0.4 is 15.4 Å². The molecular formula is C28H38BrN3O6. The number of unbranched alkanes of at least 4 members (excludes halogenated alkanes) is 1. The van der Waals surface area contributed by atoms with Crippen LogP contribution in [0.5, 0.6) is 5.75 Å². The van der Waals surface area contributed by atoms with Crippen LogP contribution in [0.3, 0.4) is 0 Å². The predicted molar refractivity (Wildman–Crippen MR) is 145 cm³/mol. The SMILES string of the molecule is CCOc1ccc(NC(=O)[C@H]2[C@H]3C(=O)N(CCCCO)C(C(=O)NC4CCCCC4)C34CC(Br)[C@@H]2O4)cc1. The minimum atomic E-state index is -1.06. The number of hydrogen-bond acceptors (Lipinski definition) is 6. The molecule has 3 heterocycles. The van der Waals surface area contributed by atoms with Crippen molar-refractivity contribution in [3.05, 3.63) is 24.3 Å². The molecule has 4 fully saturated rings. The van der Waals surface area contributed by atoms with Crippen LogP contribution in [0.4, 0.5) is 5.69 Å². The minimum Gasteiger partial charge on any atom is -0.494 e. The zero-order valence-electron chi connectivity index (χ0n) is 21.9. The second kappa shape index (κ2) is 11.5. The third kappa shape index (κ3) is 4.95. The Morgan fingerprint density at radius 2 is 1.89 bits per heavy atom. The predicted octanol–water partition coefficient (Wildman–Crippen LogP) is 2.99. The molecule has 4 aliphatic rings. The largest absolute Gasteiger partial charge is 0.494 e. The highest BCUT2D eigenvalue weighted by Gasteiger charge is 2.76. The van der Waals surface area contributed by atoms with E-state index in [2.05, 4.69) is 26.6 Å². The number of halogens is 1. The van der Waals surface area contributed by atoms with Crippen molar-refractivity contribution in [2.24, 2.45) is 11.8 Å². The van der Waals surface area contributed by atoms with E-state index in [1.165, 1.54) is 6.42 Å². The number of ether oxygens (including phenoxy) is 2. The average molecular weight is 593 g/mol. The molecule has 0 aromatic heterocycles. The molecule has 3 N–H and O–H groups in total. The number of alkyl halides is 1. The van der Waals surface area contributed by atoms with Crippen LogP contribution in [0.2, 0.25) is 0 Å². The summed E-state index contributed by atoms with van der Waals surface area (Å²) < 4.78 is 12.0. The third-order valence-electron chi connectivity index (χ3n) is 8.53. The normalized spacial score (nSPS) is 32.3. The Kier molecular flexibility index (Phi) is 8.30. The van der Waals surface area contributed by atoms with E-state index >= 15 is 0 Å². The van der Waals surface area contributed by atoms with Gasteiger partial charge in [0.2, 0.25) is 17.7 Å². The van der Waals surface area contributed by atoms with Crippen LogP contribution in [0.15, 0.2) is 24.3 Å². The summed E-state index contributed by atoms with van der Waals surface area (Å²) in [5, 5.41) is 15.5. The number of nitrogens with one attached hydrogen (secondary N) is 2. The molecule has 6 atom stereocenters. The Morgan fingerprint density at radius 3 is 2.58 bits per heavy atom. The summed E-state index contributed by atoms with van der Waals surface area (Å²) in [6.07, 6.45) is 6.30. The van der Waals surface area contributed by atoms with Crippen molar-refractivity contribution in [2.75, 3.05) is 25.1 Å². The number of nitrogens with zero attached hydrogens (tertiary/aromatic N) is 1. The lowest BCUT2D eigenvalue weighted by atomic mass is 9.70. The van der Waals surface area contributed by atoms with Gasteiger partial charge in [0.25, 0.3) is 0 Å². The van der Waals surface area contributed by atoms with Crippen LogP contribution in [-0.4, -0.2) is 76.1 Å². The van der Waals surface area contributed by atoms with Gasteiger partial charge >= 0.3 is 0 Å². The average Bonchev–Trinajstić information content (AvgIpc) is 3.49. The van der Waals surface area contributed by atoms with Crippen molar-refractivity contribution in [3.8, 4) is 5.75 Å². The number of amides is 3. The van der Waals surface area contributed by atoms with Crippen molar-refractivity contribution >= 4 is 39.3 Å². The molecule has 9 nitrogen and oxygen atoms in total. The summed E-state index contributed by atoms with van der Waals surface area (Å²) in [5.41, 5.74) is -0.451. The highest BCUT2D eigenvalue weighted by atomic mass is 79.9. The summed E-state index contributed by atoms with van der Waals surface area (Å²) in [5.74, 6) is -1.43. The summed E-state index contributed by atoms with van der Waals surface area (Å²) in [7, 11) is 0. The first-order chi connectivity index (χ1) is 18.4. The number of benzene rings is 1. The zero-order valence-corrected chi connectivity index (χ0v) is 23.5. The zero-order chi connectivity index (χ0) is 26.9. The second-order valence-electron chi connectivity index (χ2n) is 10.9. The molecule has 0 radical (unpaired) electrons. The van der Waals surface area contributed by atoms with Crippen LogP contribution in [0.25, 0.3) is 0 Å². The van der Waals surface area contributed by atoms with E-state index < -0.39 is 29.6 Å². The number of aliphatic hydroxyl groups excluding tert-OH is 1. The Bertz CT molecular complexity index is 1030. The van der Waals surface area contributed by atoms with Gasteiger partial charge in [-0.3, -0.25) is 14.4 Å². The van der Waals surface area contributed by atoms with E-state index in [9.17, 15) is 19.5 Å². The van der Waals surface area contributed by atoms with E-state index in [4.69, 9.17) is 9.47 Å². The molecule has 5 rings (SSSR count). The van der Waals surface area contributed by atoms with Crippen molar-refractivity contribution in [1.82, 2.24) is 10.2 Å². The molecule has 1 saturated carbocycles. The molecule has 3 unspecified atom stereocenters. The smallest absolute Gasteiger partial charge is 0.246 e. The lowest BCUT2D eigenvalue weighted by Crippen LogP contribution is -2.57. The van der Waals surface area contributed by atoms with Gasteiger partial charge in [-0.25, -0.2) is 0 Å². The van der Waals surface area contributed by atoms with Crippen molar-refractivity contribution in [1.29, 1.82) is 0 Å². The standard InChI is InChI=1S/C28H38BrN3O6/c1-2-37-19-12-10-18(11-13-19)30-25(34)21-22-27(36)32(14-6-7-15-33)24(28(22)16-20(29)23(21)38-28)26(35)31-17-8-4-3-5-9-17/h10-13,17,20-24,33H,2-9,14-16H2,1H3,(H,30,34)(H,31,35)/t20?,21-,22-,23-,24?,28?/m0/s1. The summed E-state index contributed by atoms with van der Waals surface area (Å²) in [4.78, 5) is 42.9. The number of carbonyl (C=O) groups is 3. The van der Waals surface area contributed by atoms with Gasteiger partial charge in [-0.1, -0.05) is 35.2 Å². The highest BCUT2D eigenvalue weighted by molar-refractivity contribution is 9.09. The first kappa shape index (κ1) is 27.4. The number of anilines is 1. The molecule has 1 aromatic rings. The van der Waals surface area contributed by atoms with E-state index in [1.807, 2.05) is 6.92 Å². The molecule has 1 aliphatic carbocycles. The second-order valence-corrected chi connectivity index (χ2v) is 12.1. The minimum absolute atomic E-state index is 0.0186. The first-order valence-electron chi connectivity index (χ1n) is 14.0. The van der Waals surface area contributed by atoms with Crippen molar-refractivity contribution in [2.45, 2.75) is 86.9 Å². The molecule has 3 amide bonds. The lowest BCUT2D eigenvalue weighted by molar-refractivity contribution is -0.142. The van der Waals surface area contributed by atoms with E-state index in [-0.39, 0.29) is 35.2 Å². The lowest BCUT2D eigenvalue weighted by Gasteiger charge is -2.35. The molecule has 208 valence electrons. The van der Waals surface area contributed by atoms with Gasteiger partial charge in [0.05, 0.1) is 24.5 Å². The summed E-state index contributed by atoms with van der Waals surface area (Å²) in [6.45, 7) is 2.82. The number of hydrogen-bond donors (Lipinski definition) is 3. The van der Waals surface area contributed by atoms with Gasteiger partial charge in [-0.15, -0.1) is 0 Å². The molecule has 1 aromatic carbocycles. The van der Waals surface area contributed by atoms with Crippen LogP contribution in [-0.2, 0) is 19.1 Å². The van der Waals surface area contributed by atoms with Gasteiger partial charge in [0.1, 0.15) is 17.4 Å². The maximum Gasteiger partial charge on any atom is 0.246 e. The fraction of sp³-hybridized carbons (Fsp3) is 0.679. The summed E-state index contributed by atoms with van der Waals surface area (Å²) in [6, 6.07) is 6.43. The van der Waals surface area contributed by atoms with Crippen LogP contribution >= 0.6 is 15.9 Å². The quantitative estimate of drug-likeness (QED) is 0.284. The van der Waals surface area contributed by atoms with Gasteiger partial charge in [-0.2, -0.15) is 0 Å². The van der Waals surface area contributed by atoms with Gasteiger partial charge in [0.15, 0.2) is 0 Å². The number of carbonyl (C=O) groups excluding carboxylic acids is 3. The molecule has 10 heteroatoms. The van der Waals surface area contributed by atoms with Crippen molar-refractivity contribution < 1.29 is 29.0 Å². The fourth-order valence-corrected chi connectivity index (χ4v) is 7.86. The van der Waals surface area contributed by atoms with Gasteiger partial charge < -0.3 is 30.1 Å². The van der Waals surface area contributed by atoms with E-state index in [0.717, 1.165) is 25.7 Å². The van der Waals surface area contributed by atoms with Crippen molar-refractivity contribution in [3.63, 3.8) is 0 Å². The molecule has 3 saturated heterocycles. The molecule has 38 heavy (non-hydrogen) atoms. The monoisotopic (exact) mass is 591 g/mol. The maximum atomic E-state index is 14.0. The third-order valence-corrected chi connectivity index (χ3v) is 9.38. The Hall–Kier alpha value is -2.17. The number of fused-ring (bicyclic) bond motifs is 1. The van der Waals surface area contributed by atoms with Crippen LogP contribution in [0.1, 0.15) is 58.3 Å². The van der Waals surface area contributed by atoms with Gasteiger partial charge in [0, 0.05) is 29.7 Å². The maximum absolute atomic E-state index is 14.0. The van der Waals surface area contributed by atoms with Gasteiger partial charge in [-0.05, 0) is 63.3 Å². The summed E-state index contributed by atoms with van der Waals surface area (Å²) >= 11 is 3.71. The Morgan fingerprint density at radius 1 is 1.16 bits per heavy atom. The van der Waals surface area contributed by atoms with E-state index in [1.54, 1.807) is 29.2 Å². The highest BCUT2D eigenvalue weighted by Crippen LogP contribution is 2.60. The molecular weight excluding hydrogens is 554 g/mol. The molecule has 1 spiro atoms.